The van der Waals surface area contributed by atoms with Crippen LogP contribution < -0.4 is 5.32 Å². The predicted octanol–water partition coefficient (Wildman–Crippen LogP) is 2.44. The van der Waals surface area contributed by atoms with Gasteiger partial charge in [-0.05, 0) is 39.0 Å². The summed E-state index contributed by atoms with van der Waals surface area (Å²) in [6, 6.07) is 2.82. The van der Waals surface area contributed by atoms with Crippen molar-refractivity contribution in [2.45, 2.75) is 26.4 Å². The molecule has 0 saturated carbocycles. The third-order valence-electron chi connectivity index (χ3n) is 2.06. The maximum atomic E-state index is 13.1. The molecule has 0 spiro atoms. The summed E-state index contributed by atoms with van der Waals surface area (Å²) >= 11 is 0. The average molecular weight is 283 g/mol. The Kier molecular flexibility index (Phi) is 4.44. The van der Waals surface area contributed by atoms with Crippen molar-refractivity contribution in [3.05, 3.63) is 29.6 Å². The lowest BCUT2D eigenvalue weighted by atomic mass is 10.1. The number of amides is 1. The highest BCUT2D eigenvalue weighted by atomic mass is 19.1. The quantitative estimate of drug-likeness (QED) is 0.656. The van der Waals surface area contributed by atoms with Crippen LogP contribution in [0.4, 0.5) is 14.9 Å². The number of carboxylic acid groups (broad SMARTS) is 1. The number of ether oxygens (including phenoxy) is 1. The average Bonchev–Trinajstić information content (AvgIpc) is 2.27. The van der Waals surface area contributed by atoms with E-state index in [0.717, 1.165) is 18.2 Å². The van der Waals surface area contributed by atoms with Crippen LogP contribution in [0.5, 0.6) is 0 Å². The standard InChI is InChI=1S/C13H14FNO5/c1-13(2,3)20-12(19)15-9-5-4-7(14)6-8(9)10(16)11(17)18/h4-6H,1-3H3,(H,15,19)(H,17,18). The van der Waals surface area contributed by atoms with Crippen LogP contribution in [-0.4, -0.2) is 28.6 Å². The van der Waals surface area contributed by atoms with Crippen LogP contribution in [0.25, 0.3) is 0 Å². The van der Waals surface area contributed by atoms with Crippen molar-refractivity contribution in [2.24, 2.45) is 0 Å². The van der Waals surface area contributed by atoms with E-state index in [9.17, 15) is 18.8 Å². The first-order valence-corrected chi connectivity index (χ1v) is 5.67. The van der Waals surface area contributed by atoms with Gasteiger partial charge in [0.2, 0.25) is 0 Å². The molecule has 108 valence electrons. The van der Waals surface area contributed by atoms with Crippen LogP contribution in [-0.2, 0) is 9.53 Å². The molecule has 0 unspecified atom stereocenters. The van der Waals surface area contributed by atoms with Crippen LogP contribution in [0.1, 0.15) is 31.1 Å². The molecule has 1 amide bonds. The zero-order chi connectivity index (χ0) is 15.5. The fourth-order valence-corrected chi connectivity index (χ4v) is 1.34. The largest absolute Gasteiger partial charge is 0.475 e. The summed E-state index contributed by atoms with van der Waals surface area (Å²) < 4.78 is 18.1. The van der Waals surface area contributed by atoms with Gasteiger partial charge < -0.3 is 9.84 Å². The molecule has 0 fully saturated rings. The number of nitrogens with one attached hydrogen (secondary N) is 1. The van der Waals surface area contributed by atoms with Crippen molar-refractivity contribution in [1.82, 2.24) is 0 Å². The Balaban J connectivity index is 3.04. The van der Waals surface area contributed by atoms with Crippen molar-refractivity contribution in [2.75, 3.05) is 5.32 Å². The van der Waals surface area contributed by atoms with Crippen LogP contribution >= 0.6 is 0 Å². The second-order valence-electron chi connectivity index (χ2n) is 4.95. The molecule has 0 aliphatic rings. The molecule has 0 heterocycles. The lowest BCUT2D eigenvalue weighted by molar-refractivity contribution is -0.131. The minimum Gasteiger partial charge on any atom is -0.475 e. The number of ketones is 1. The topological polar surface area (TPSA) is 92.7 Å². The number of aliphatic carboxylic acids is 1. The molecule has 0 bridgehead atoms. The normalized spacial score (nSPS) is 10.8. The second kappa shape index (κ2) is 5.68. The number of rotatable bonds is 3. The van der Waals surface area contributed by atoms with Gasteiger partial charge in [-0.1, -0.05) is 0 Å². The van der Waals surface area contributed by atoms with Crippen molar-refractivity contribution >= 4 is 23.5 Å². The van der Waals surface area contributed by atoms with Gasteiger partial charge in [-0.15, -0.1) is 0 Å². The van der Waals surface area contributed by atoms with Crippen molar-refractivity contribution in [3.63, 3.8) is 0 Å². The number of benzene rings is 1. The molecule has 0 atom stereocenters. The number of carbonyl (C=O) groups excluding carboxylic acids is 2. The first-order chi connectivity index (χ1) is 9.10. The Hall–Kier alpha value is -2.44. The fraction of sp³-hybridized carbons (Fsp3) is 0.308. The summed E-state index contributed by atoms with van der Waals surface area (Å²) in [6.45, 7) is 4.92. The molecule has 0 saturated heterocycles. The summed E-state index contributed by atoms with van der Waals surface area (Å²) in [5.41, 5.74) is -1.35. The highest BCUT2D eigenvalue weighted by Gasteiger charge is 2.22. The first-order valence-electron chi connectivity index (χ1n) is 5.67. The van der Waals surface area contributed by atoms with Gasteiger partial charge in [0.25, 0.3) is 5.78 Å². The summed E-state index contributed by atoms with van der Waals surface area (Å²) in [5.74, 6) is -3.86. The zero-order valence-corrected chi connectivity index (χ0v) is 11.2. The molecular formula is C13H14FNO5. The van der Waals surface area contributed by atoms with E-state index < -0.39 is 34.8 Å². The van der Waals surface area contributed by atoms with Gasteiger partial charge in [-0.2, -0.15) is 0 Å². The van der Waals surface area contributed by atoms with Gasteiger partial charge in [0, 0.05) is 0 Å². The van der Waals surface area contributed by atoms with E-state index in [2.05, 4.69) is 5.32 Å². The van der Waals surface area contributed by atoms with Crippen molar-refractivity contribution in [3.8, 4) is 0 Å². The Morgan fingerprint density at radius 3 is 2.35 bits per heavy atom. The number of carboxylic acids is 1. The lowest BCUT2D eigenvalue weighted by Gasteiger charge is -2.20. The third-order valence-corrected chi connectivity index (χ3v) is 2.06. The second-order valence-corrected chi connectivity index (χ2v) is 4.95. The van der Waals surface area contributed by atoms with E-state index in [0.29, 0.717) is 0 Å². The van der Waals surface area contributed by atoms with E-state index in [4.69, 9.17) is 9.84 Å². The van der Waals surface area contributed by atoms with E-state index in [1.54, 1.807) is 20.8 Å². The van der Waals surface area contributed by atoms with Crippen LogP contribution in [0, 0.1) is 5.82 Å². The van der Waals surface area contributed by atoms with Gasteiger partial charge >= 0.3 is 12.1 Å². The molecule has 1 aromatic rings. The molecular weight excluding hydrogens is 269 g/mol. The minimum absolute atomic E-state index is 0.131. The van der Waals surface area contributed by atoms with E-state index >= 15 is 0 Å². The molecule has 0 aliphatic heterocycles. The summed E-state index contributed by atoms with van der Waals surface area (Å²) in [6.07, 6.45) is -0.872. The Bertz CT molecular complexity index is 562. The molecule has 20 heavy (non-hydrogen) atoms. The molecule has 0 aliphatic carbocycles. The third kappa shape index (κ3) is 4.34. The lowest BCUT2D eigenvalue weighted by Crippen LogP contribution is -2.28. The highest BCUT2D eigenvalue weighted by Crippen LogP contribution is 2.19. The minimum atomic E-state index is -1.75. The molecule has 1 rings (SSSR count). The van der Waals surface area contributed by atoms with Crippen LogP contribution in [0.3, 0.4) is 0 Å². The van der Waals surface area contributed by atoms with Gasteiger partial charge in [0.15, 0.2) is 0 Å². The summed E-state index contributed by atoms with van der Waals surface area (Å²) in [7, 11) is 0. The zero-order valence-electron chi connectivity index (χ0n) is 11.2. The van der Waals surface area contributed by atoms with Gasteiger partial charge in [0.1, 0.15) is 11.4 Å². The maximum absolute atomic E-state index is 13.1. The molecule has 2 N–H and O–H groups in total. The summed E-state index contributed by atoms with van der Waals surface area (Å²) in [5, 5.41) is 10.9. The van der Waals surface area contributed by atoms with Crippen LogP contribution in [0.15, 0.2) is 18.2 Å². The number of hydrogen-bond donors (Lipinski definition) is 2. The molecule has 0 radical (unpaired) electrons. The van der Waals surface area contributed by atoms with Crippen LogP contribution in [0.2, 0.25) is 0 Å². The van der Waals surface area contributed by atoms with Gasteiger partial charge in [-0.25, -0.2) is 14.0 Å². The van der Waals surface area contributed by atoms with E-state index in [1.165, 1.54) is 0 Å². The molecule has 7 heteroatoms. The molecule has 1 aromatic carbocycles. The predicted molar refractivity (Wildman–Crippen MR) is 68.2 cm³/mol. The van der Waals surface area contributed by atoms with Crippen molar-refractivity contribution in [1.29, 1.82) is 0 Å². The number of Topliss-reactive ketones (excluding diaryl/α,β-unsaturated/α-hetero) is 1. The number of halogens is 1. The monoisotopic (exact) mass is 283 g/mol. The first kappa shape index (κ1) is 15.6. The molecule has 6 nitrogen and oxygen atoms in total. The smallest absolute Gasteiger partial charge is 0.412 e. The van der Waals surface area contributed by atoms with Gasteiger partial charge in [0.05, 0.1) is 11.3 Å². The number of carbonyl (C=O) groups is 3. The molecule has 0 aromatic heterocycles. The summed E-state index contributed by atoms with van der Waals surface area (Å²) in [4.78, 5) is 33.7. The van der Waals surface area contributed by atoms with E-state index in [-0.39, 0.29) is 5.69 Å². The Morgan fingerprint density at radius 1 is 1.25 bits per heavy atom. The fourth-order valence-electron chi connectivity index (χ4n) is 1.34. The Morgan fingerprint density at radius 2 is 1.85 bits per heavy atom. The van der Waals surface area contributed by atoms with Crippen molar-refractivity contribution < 1.29 is 28.6 Å². The number of anilines is 1. The van der Waals surface area contributed by atoms with Gasteiger partial charge in [-0.3, -0.25) is 10.1 Å². The van der Waals surface area contributed by atoms with E-state index in [1.807, 2.05) is 0 Å². The maximum Gasteiger partial charge on any atom is 0.412 e. The Labute approximate surface area is 114 Å². The highest BCUT2D eigenvalue weighted by molar-refractivity contribution is 6.41. The number of hydrogen-bond acceptors (Lipinski definition) is 4. The SMILES string of the molecule is CC(C)(C)OC(=O)Nc1ccc(F)cc1C(=O)C(=O)O.